The van der Waals surface area contributed by atoms with Crippen molar-refractivity contribution in [3.63, 3.8) is 0 Å². The van der Waals surface area contributed by atoms with E-state index in [4.69, 9.17) is 5.21 Å². The highest BCUT2D eigenvalue weighted by Gasteiger charge is 1.97. The molecular formula is C11H22INO2. The molecule has 15 heavy (non-hydrogen) atoms. The van der Waals surface area contributed by atoms with Gasteiger partial charge < -0.3 is 0 Å². The Hall–Kier alpha value is 0.160. The Morgan fingerprint density at radius 1 is 0.933 bits per heavy atom. The SMILES string of the molecule is O=C(CCCCCCCCCCI)NO. The van der Waals surface area contributed by atoms with Gasteiger partial charge in [0.25, 0.3) is 0 Å². The Balaban J connectivity index is 2.95. The van der Waals surface area contributed by atoms with Gasteiger partial charge in [-0.2, -0.15) is 0 Å². The minimum Gasteiger partial charge on any atom is -0.289 e. The lowest BCUT2D eigenvalue weighted by atomic mass is 10.1. The van der Waals surface area contributed by atoms with E-state index in [1.807, 2.05) is 0 Å². The first-order valence-corrected chi connectivity index (χ1v) is 7.32. The zero-order valence-electron chi connectivity index (χ0n) is 9.30. The minimum atomic E-state index is -0.267. The topological polar surface area (TPSA) is 49.3 Å². The maximum atomic E-state index is 10.7. The summed E-state index contributed by atoms with van der Waals surface area (Å²) in [5.41, 5.74) is 1.65. The van der Waals surface area contributed by atoms with E-state index in [9.17, 15) is 4.79 Å². The summed E-state index contributed by atoms with van der Waals surface area (Å²) in [5.74, 6) is -0.267. The van der Waals surface area contributed by atoms with Crippen LogP contribution in [0.2, 0.25) is 0 Å². The standard InChI is InChI=1S/C11H22INO2/c12-10-8-6-4-2-1-3-5-7-9-11(14)13-15/h15H,1-10H2,(H,13,14). The summed E-state index contributed by atoms with van der Waals surface area (Å²) in [7, 11) is 0. The maximum absolute atomic E-state index is 10.7. The molecule has 0 atom stereocenters. The number of alkyl halides is 1. The van der Waals surface area contributed by atoms with Crippen molar-refractivity contribution in [2.45, 2.75) is 57.8 Å². The number of hydroxylamine groups is 1. The van der Waals surface area contributed by atoms with Crippen LogP contribution < -0.4 is 5.48 Å². The molecule has 2 N–H and O–H groups in total. The molecule has 0 bridgehead atoms. The molecule has 0 spiro atoms. The number of rotatable bonds is 10. The summed E-state index contributed by atoms with van der Waals surface area (Å²) in [5, 5.41) is 8.26. The zero-order chi connectivity index (χ0) is 11.4. The molecule has 0 aliphatic carbocycles. The van der Waals surface area contributed by atoms with E-state index in [-0.39, 0.29) is 5.91 Å². The third-order valence-corrected chi connectivity index (χ3v) is 3.17. The second-order valence-corrected chi connectivity index (χ2v) is 4.88. The van der Waals surface area contributed by atoms with Gasteiger partial charge in [0.15, 0.2) is 0 Å². The molecule has 0 unspecified atom stereocenters. The van der Waals surface area contributed by atoms with E-state index in [1.165, 1.54) is 43.0 Å². The summed E-state index contributed by atoms with van der Waals surface area (Å²) < 4.78 is 1.27. The number of halogens is 1. The van der Waals surface area contributed by atoms with Gasteiger partial charge in [-0.1, -0.05) is 61.1 Å². The number of carbonyl (C=O) groups is 1. The summed E-state index contributed by atoms with van der Waals surface area (Å²) in [6, 6.07) is 0. The van der Waals surface area contributed by atoms with E-state index in [0.717, 1.165) is 12.8 Å². The number of hydrogen-bond donors (Lipinski definition) is 2. The number of amides is 1. The molecule has 0 aromatic carbocycles. The van der Waals surface area contributed by atoms with Crippen LogP contribution in [-0.4, -0.2) is 15.5 Å². The molecule has 0 aromatic heterocycles. The van der Waals surface area contributed by atoms with Crippen molar-refractivity contribution in [3.8, 4) is 0 Å². The second kappa shape index (κ2) is 12.2. The minimum absolute atomic E-state index is 0.267. The quantitative estimate of drug-likeness (QED) is 0.212. The smallest absolute Gasteiger partial charge is 0.243 e. The van der Waals surface area contributed by atoms with Gasteiger partial charge >= 0.3 is 0 Å². The van der Waals surface area contributed by atoms with Gasteiger partial charge in [0.05, 0.1) is 0 Å². The normalized spacial score (nSPS) is 10.3. The average molecular weight is 327 g/mol. The molecule has 4 heteroatoms. The van der Waals surface area contributed by atoms with Gasteiger partial charge in [0.2, 0.25) is 5.91 Å². The van der Waals surface area contributed by atoms with Crippen molar-refractivity contribution in [2.24, 2.45) is 0 Å². The van der Waals surface area contributed by atoms with Crippen molar-refractivity contribution < 1.29 is 10.0 Å². The van der Waals surface area contributed by atoms with Crippen molar-refractivity contribution in [1.29, 1.82) is 0 Å². The Morgan fingerprint density at radius 2 is 1.40 bits per heavy atom. The molecule has 0 aromatic rings. The summed E-state index contributed by atoms with van der Waals surface area (Å²) in [4.78, 5) is 10.7. The van der Waals surface area contributed by atoms with Crippen LogP contribution in [0.15, 0.2) is 0 Å². The Labute approximate surface area is 106 Å². The molecule has 0 heterocycles. The number of hydrogen-bond acceptors (Lipinski definition) is 2. The van der Waals surface area contributed by atoms with E-state index in [1.54, 1.807) is 5.48 Å². The van der Waals surface area contributed by atoms with Crippen molar-refractivity contribution >= 4 is 28.5 Å². The van der Waals surface area contributed by atoms with Crippen molar-refractivity contribution in [1.82, 2.24) is 5.48 Å². The summed E-state index contributed by atoms with van der Waals surface area (Å²) in [6.07, 6.45) is 10.3. The fourth-order valence-electron chi connectivity index (χ4n) is 1.50. The van der Waals surface area contributed by atoms with Crippen LogP contribution >= 0.6 is 22.6 Å². The van der Waals surface area contributed by atoms with Crippen LogP contribution in [0, 0.1) is 0 Å². The number of carbonyl (C=O) groups excluding carboxylic acids is 1. The van der Waals surface area contributed by atoms with Crippen LogP contribution in [0.25, 0.3) is 0 Å². The second-order valence-electron chi connectivity index (χ2n) is 3.80. The summed E-state index contributed by atoms with van der Waals surface area (Å²) in [6.45, 7) is 0. The highest BCUT2D eigenvalue weighted by molar-refractivity contribution is 14.1. The first kappa shape index (κ1) is 15.2. The molecule has 0 aliphatic heterocycles. The lowest BCUT2D eigenvalue weighted by Gasteiger charge is -2.01. The van der Waals surface area contributed by atoms with E-state index < -0.39 is 0 Å². The van der Waals surface area contributed by atoms with Crippen LogP contribution in [-0.2, 0) is 4.79 Å². The van der Waals surface area contributed by atoms with Crippen molar-refractivity contribution in [2.75, 3.05) is 4.43 Å². The van der Waals surface area contributed by atoms with Gasteiger partial charge in [0.1, 0.15) is 0 Å². The zero-order valence-corrected chi connectivity index (χ0v) is 11.5. The highest BCUT2D eigenvalue weighted by Crippen LogP contribution is 2.10. The lowest BCUT2D eigenvalue weighted by Crippen LogP contribution is -2.17. The van der Waals surface area contributed by atoms with Crippen LogP contribution in [0.4, 0.5) is 0 Å². The van der Waals surface area contributed by atoms with Gasteiger partial charge in [-0.25, -0.2) is 5.48 Å². The Morgan fingerprint density at radius 3 is 1.87 bits per heavy atom. The molecule has 0 fully saturated rings. The molecule has 0 radical (unpaired) electrons. The van der Waals surface area contributed by atoms with Crippen LogP contribution in [0.1, 0.15) is 57.8 Å². The third-order valence-electron chi connectivity index (χ3n) is 2.41. The van der Waals surface area contributed by atoms with Crippen LogP contribution in [0.5, 0.6) is 0 Å². The summed E-state index contributed by atoms with van der Waals surface area (Å²) >= 11 is 2.42. The van der Waals surface area contributed by atoms with Crippen LogP contribution in [0.3, 0.4) is 0 Å². The fourth-order valence-corrected chi connectivity index (χ4v) is 2.04. The van der Waals surface area contributed by atoms with Gasteiger partial charge in [-0.15, -0.1) is 0 Å². The predicted octanol–water partition coefficient (Wildman–Crippen LogP) is 3.44. The van der Waals surface area contributed by atoms with Gasteiger partial charge in [-0.3, -0.25) is 10.0 Å². The average Bonchev–Trinajstić information content (AvgIpc) is 2.26. The molecule has 0 saturated carbocycles. The number of unbranched alkanes of at least 4 members (excludes halogenated alkanes) is 7. The Kier molecular flexibility index (Phi) is 12.4. The molecule has 1 amide bonds. The molecule has 0 saturated heterocycles. The maximum Gasteiger partial charge on any atom is 0.243 e. The predicted molar refractivity (Wildman–Crippen MR) is 70.4 cm³/mol. The molecule has 90 valence electrons. The fraction of sp³-hybridized carbons (Fsp3) is 0.909. The van der Waals surface area contributed by atoms with E-state index in [0.29, 0.717) is 6.42 Å². The van der Waals surface area contributed by atoms with E-state index >= 15 is 0 Å². The number of nitrogens with one attached hydrogen (secondary N) is 1. The largest absolute Gasteiger partial charge is 0.289 e. The van der Waals surface area contributed by atoms with Gasteiger partial charge in [0, 0.05) is 6.42 Å². The molecule has 3 nitrogen and oxygen atoms in total. The molecular weight excluding hydrogens is 305 g/mol. The first-order valence-electron chi connectivity index (χ1n) is 5.80. The highest BCUT2D eigenvalue weighted by atomic mass is 127. The Bertz CT molecular complexity index is 154. The van der Waals surface area contributed by atoms with Crippen molar-refractivity contribution in [3.05, 3.63) is 0 Å². The van der Waals surface area contributed by atoms with Gasteiger partial charge in [-0.05, 0) is 17.3 Å². The third kappa shape index (κ3) is 12.1. The lowest BCUT2D eigenvalue weighted by molar-refractivity contribution is -0.129. The monoisotopic (exact) mass is 327 g/mol. The first-order chi connectivity index (χ1) is 7.31. The molecule has 0 aliphatic rings. The van der Waals surface area contributed by atoms with E-state index in [2.05, 4.69) is 22.6 Å². The molecule has 0 rings (SSSR count).